The number of rotatable bonds is 6. The van der Waals surface area contributed by atoms with Crippen LogP contribution < -0.4 is 4.90 Å². The standard InChI is InChI=1S/C46H32N2/c1-4-12-33(13-5-1)36-22-20-35-21-23-37(31-38(35)30-36)34-24-26-41(27-25-34)47(39-14-6-2-7-15-39)42-28-29-46-44(32-42)43-18-10-11-19-45(43)48(46)40-16-8-3-9-17-40/h1-32H. The van der Waals surface area contributed by atoms with Crippen molar-refractivity contribution in [1.82, 2.24) is 4.57 Å². The Bertz CT molecular complexity index is 2530. The Morgan fingerprint density at radius 3 is 1.54 bits per heavy atom. The number of benzene rings is 8. The molecule has 0 fully saturated rings. The molecule has 0 saturated carbocycles. The molecule has 0 amide bonds. The summed E-state index contributed by atoms with van der Waals surface area (Å²) in [6, 6.07) is 69.9. The lowest BCUT2D eigenvalue weighted by Gasteiger charge is -2.26. The molecule has 0 bridgehead atoms. The third kappa shape index (κ3) is 4.92. The first-order chi connectivity index (χ1) is 23.8. The Balaban J connectivity index is 1.13. The van der Waals surface area contributed by atoms with Gasteiger partial charge in [-0.05, 0) is 106 Å². The van der Waals surface area contributed by atoms with E-state index in [1.54, 1.807) is 0 Å². The zero-order chi connectivity index (χ0) is 31.9. The minimum absolute atomic E-state index is 1.11. The maximum Gasteiger partial charge on any atom is 0.0542 e. The van der Waals surface area contributed by atoms with Gasteiger partial charge in [0.25, 0.3) is 0 Å². The predicted molar refractivity (Wildman–Crippen MR) is 204 cm³/mol. The monoisotopic (exact) mass is 612 g/mol. The highest BCUT2D eigenvalue weighted by molar-refractivity contribution is 6.10. The van der Waals surface area contributed by atoms with E-state index in [2.05, 4.69) is 204 Å². The average Bonchev–Trinajstić information content (AvgIpc) is 3.50. The summed E-state index contributed by atoms with van der Waals surface area (Å²) in [5, 5.41) is 4.96. The Hall–Kier alpha value is -6.38. The van der Waals surface area contributed by atoms with Gasteiger partial charge >= 0.3 is 0 Å². The lowest BCUT2D eigenvalue weighted by atomic mass is 9.97. The van der Waals surface area contributed by atoms with Gasteiger partial charge in [0, 0.05) is 33.5 Å². The van der Waals surface area contributed by atoms with Gasteiger partial charge in [-0.3, -0.25) is 0 Å². The molecule has 226 valence electrons. The van der Waals surface area contributed by atoms with Crippen LogP contribution in [-0.2, 0) is 0 Å². The summed E-state index contributed by atoms with van der Waals surface area (Å²) in [5.41, 5.74) is 11.8. The summed E-state index contributed by atoms with van der Waals surface area (Å²) < 4.78 is 2.36. The van der Waals surface area contributed by atoms with Crippen LogP contribution in [-0.4, -0.2) is 4.57 Å². The molecule has 2 nitrogen and oxygen atoms in total. The van der Waals surface area contributed by atoms with Crippen LogP contribution in [0.4, 0.5) is 17.1 Å². The minimum Gasteiger partial charge on any atom is -0.310 e. The molecule has 0 unspecified atom stereocenters. The number of para-hydroxylation sites is 3. The molecule has 8 aromatic carbocycles. The van der Waals surface area contributed by atoms with Crippen LogP contribution in [0.25, 0.3) is 60.5 Å². The van der Waals surface area contributed by atoms with E-state index in [4.69, 9.17) is 0 Å². The van der Waals surface area contributed by atoms with Crippen LogP contribution in [0.5, 0.6) is 0 Å². The van der Waals surface area contributed by atoms with E-state index in [1.807, 2.05) is 0 Å². The lowest BCUT2D eigenvalue weighted by Crippen LogP contribution is -2.09. The largest absolute Gasteiger partial charge is 0.310 e. The Labute approximate surface area is 280 Å². The topological polar surface area (TPSA) is 8.17 Å². The first-order valence-electron chi connectivity index (χ1n) is 16.4. The molecule has 0 saturated heterocycles. The molecule has 1 heterocycles. The van der Waals surface area contributed by atoms with E-state index in [9.17, 15) is 0 Å². The van der Waals surface area contributed by atoms with Gasteiger partial charge < -0.3 is 9.47 Å². The van der Waals surface area contributed by atoms with Gasteiger partial charge in [-0.15, -0.1) is 0 Å². The van der Waals surface area contributed by atoms with Crippen molar-refractivity contribution >= 4 is 49.6 Å². The number of aromatic nitrogens is 1. The van der Waals surface area contributed by atoms with Crippen LogP contribution in [0, 0.1) is 0 Å². The molecule has 0 aliphatic carbocycles. The van der Waals surface area contributed by atoms with Crippen molar-refractivity contribution in [3.05, 3.63) is 194 Å². The second-order valence-electron chi connectivity index (χ2n) is 12.3. The van der Waals surface area contributed by atoms with Gasteiger partial charge in [-0.25, -0.2) is 0 Å². The summed E-state index contributed by atoms with van der Waals surface area (Å²) in [6.45, 7) is 0. The molecule has 0 aliphatic heterocycles. The van der Waals surface area contributed by atoms with Crippen LogP contribution in [0.3, 0.4) is 0 Å². The molecule has 0 spiro atoms. The SMILES string of the molecule is c1ccc(-c2ccc3ccc(-c4ccc(N(c5ccccc5)c5ccc6c(c5)c5ccccc5n6-c5ccccc5)cc4)cc3c2)cc1. The molecule has 0 radical (unpaired) electrons. The van der Waals surface area contributed by atoms with E-state index < -0.39 is 0 Å². The Morgan fingerprint density at radius 1 is 0.312 bits per heavy atom. The van der Waals surface area contributed by atoms with E-state index in [-0.39, 0.29) is 0 Å². The zero-order valence-corrected chi connectivity index (χ0v) is 26.4. The normalized spacial score (nSPS) is 11.3. The fourth-order valence-corrected chi connectivity index (χ4v) is 7.02. The minimum atomic E-state index is 1.11. The molecular formula is C46H32N2. The highest BCUT2D eigenvalue weighted by Gasteiger charge is 2.17. The molecule has 48 heavy (non-hydrogen) atoms. The van der Waals surface area contributed by atoms with E-state index in [0.717, 1.165) is 22.7 Å². The summed E-state index contributed by atoms with van der Waals surface area (Å²) >= 11 is 0. The van der Waals surface area contributed by atoms with Crippen LogP contribution >= 0.6 is 0 Å². The van der Waals surface area contributed by atoms with Crippen molar-refractivity contribution in [3.63, 3.8) is 0 Å². The molecule has 1 aromatic heterocycles. The van der Waals surface area contributed by atoms with E-state index in [0.29, 0.717) is 0 Å². The predicted octanol–water partition coefficient (Wildman–Crippen LogP) is 12.7. The van der Waals surface area contributed by atoms with Gasteiger partial charge in [-0.2, -0.15) is 0 Å². The molecule has 9 aromatic rings. The van der Waals surface area contributed by atoms with Crippen molar-refractivity contribution in [1.29, 1.82) is 0 Å². The second kappa shape index (κ2) is 11.8. The second-order valence-corrected chi connectivity index (χ2v) is 12.3. The summed E-state index contributed by atoms with van der Waals surface area (Å²) in [7, 11) is 0. The fourth-order valence-electron chi connectivity index (χ4n) is 7.02. The van der Waals surface area contributed by atoms with Gasteiger partial charge in [0.2, 0.25) is 0 Å². The quantitative estimate of drug-likeness (QED) is 0.181. The third-order valence-corrected chi connectivity index (χ3v) is 9.35. The number of hydrogen-bond acceptors (Lipinski definition) is 1. The van der Waals surface area contributed by atoms with Crippen molar-refractivity contribution < 1.29 is 0 Å². The lowest BCUT2D eigenvalue weighted by molar-refractivity contribution is 1.18. The zero-order valence-electron chi connectivity index (χ0n) is 26.4. The number of anilines is 3. The average molecular weight is 613 g/mol. The fraction of sp³-hybridized carbons (Fsp3) is 0. The van der Waals surface area contributed by atoms with Gasteiger partial charge in [0.05, 0.1) is 11.0 Å². The molecule has 0 aliphatic rings. The maximum absolute atomic E-state index is 2.36. The van der Waals surface area contributed by atoms with Gasteiger partial charge in [0.15, 0.2) is 0 Å². The molecule has 0 N–H and O–H groups in total. The highest BCUT2D eigenvalue weighted by Crippen LogP contribution is 2.40. The first-order valence-corrected chi connectivity index (χ1v) is 16.4. The third-order valence-electron chi connectivity index (χ3n) is 9.35. The van der Waals surface area contributed by atoms with Crippen molar-refractivity contribution in [3.8, 4) is 27.9 Å². The molecule has 2 heteroatoms. The van der Waals surface area contributed by atoms with Gasteiger partial charge in [-0.1, -0.05) is 121 Å². The molecular weight excluding hydrogens is 581 g/mol. The van der Waals surface area contributed by atoms with Crippen LogP contribution in [0.1, 0.15) is 0 Å². The molecule has 9 rings (SSSR count). The summed E-state index contributed by atoms with van der Waals surface area (Å²) in [5.74, 6) is 0. The van der Waals surface area contributed by atoms with Crippen LogP contribution in [0.15, 0.2) is 194 Å². The number of hydrogen-bond donors (Lipinski definition) is 0. The van der Waals surface area contributed by atoms with E-state index in [1.165, 1.54) is 54.8 Å². The number of fused-ring (bicyclic) bond motifs is 4. The van der Waals surface area contributed by atoms with Gasteiger partial charge in [0.1, 0.15) is 0 Å². The van der Waals surface area contributed by atoms with Crippen molar-refractivity contribution in [2.75, 3.05) is 4.90 Å². The van der Waals surface area contributed by atoms with Crippen LogP contribution in [0.2, 0.25) is 0 Å². The van der Waals surface area contributed by atoms with E-state index >= 15 is 0 Å². The Kier molecular flexibility index (Phi) is 6.84. The van der Waals surface area contributed by atoms with Crippen molar-refractivity contribution in [2.45, 2.75) is 0 Å². The Morgan fingerprint density at radius 2 is 0.833 bits per heavy atom. The summed E-state index contributed by atoms with van der Waals surface area (Å²) in [6.07, 6.45) is 0. The number of nitrogens with zero attached hydrogens (tertiary/aromatic N) is 2. The maximum atomic E-state index is 2.36. The smallest absolute Gasteiger partial charge is 0.0542 e. The molecule has 0 atom stereocenters. The highest BCUT2D eigenvalue weighted by atomic mass is 15.1. The summed E-state index contributed by atoms with van der Waals surface area (Å²) in [4.78, 5) is 2.35. The van der Waals surface area contributed by atoms with Crippen molar-refractivity contribution in [2.24, 2.45) is 0 Å². The first kappa shape index (κ1) is 27.9.